The zero-order valence-corrected chi connectivity index (χ0v) is 14.5. The number of rotatable bonds is 4. The van der Waals surface area contributed by atoms with E-state index in [4.69, 9.17) is 0 Å². The molecule has 0 N–H and O–H groups in total. The van der Waals surface area contributed by atoms with Crippen LogP contribution in [0, 0.1) is 0 Å². The van der Waals surface area contributed by atoms with Crippen LogP contribution in [-0.4, -0.2) is 11.6 Å². The van der Waals surface area contributed by atoms with E-state index in [-0.39, 0.29) is 11.6 Å². The zero-order chi connectivity index (χ0) is 18.1. The van der Waals surface area contributed by atoms with E-state index in [0.29, 0.717) is 17.5 Å². The van der Waals surface area contributed by atoms with Gasteiger partial charge in [-0.15, -0.1) is 0 Å². The highest BCUT2D eigenvalue weighted by Gasteiger charge is 2.09. The summed E-state index contributed by atoms with van der Waals surface area (Å²) in [6.45, 7) is 1.52. The summed E-state index contributed by atoms with van der Waals surface area (Å²) in [5, 5.41) is 4.73. The smallest absolute Gasteiger partial charge is 0.167 e. The molecule has 0 saturated carbocycles. The van der Waals surface area contributed by atoms with Gasteiger partial charge in [0.05, 0.1) is 0 Å². The highest BCUT2D eigenvalue weighted by Crippen LogP contribution is 2.24. The molecule has 0 radical (unpaired) electrons. The van der Waals surface area contributed by atoms with E-state index in [1.54, 1.807) is 24.3 Å². The molecule has 4 aromatic rings. The van der Waals surface area contributed by atoms with Crippen molar-refractivity contribution >= 4 is 33.1 Å². The second-order valence-electron chi connectivity index (χ2n) is 6.61. The normalized spacial score (nSPS) is 11.0. The monoisotopic (exact) mass is 338 g/mol. The fourth-order valence-electron chi connectivity index (χ4n) is 3.28. The molecule has 4 rings (SSSR count). The first-order valence-corrected chi connectivity index (χ1v) is 8.66. The van der Waals surface area contributed by atoms with Crippen LogP contribution in [0.2, 0.25) is 0 Å². The van der Waals surface area contributed by atoms with Gasteiger partial charge in [-0.2, -0.15) is 0 Å². The molecule has 0 aliphatic carbocycles. The minimum absolute atomic E-state index is 0.00533. The molecule has 2 nitrogen and oxygen atoms in total. The van der Waals surface area contributed by atoms with E-state index >= 15 is 0 Å². The maximum Gasteiger partial charge on any atom is 0.167 e. The average Bonchev–Trinajstić information content (AvgIpc) is 2.66. The Morgan fingerprint density at radius 2 is 1.23 bits per heavy atom. The third-order valence-electron chi connectivity index (χ3n) is 4.75. The Bertz CT molecular complexity index is 1140. The quantitative estimate of drug-likeness (QED) is 0.357. The van der Waals surface area contributed by atoms with Crippen molar-refractivity contribution in [3.05, 3.63) is 95.6 Å². The molecule has 0 aromatic heterocycles. The molecular weight excluding hydrogens is 320 g/mol. The molecule has 4 aromatic carbocycles. The summed E-state index contributed by atoms with van der Waals surface area (Å²) < 4.78 is 0. The van der Waals surface area contributed by atoms with Crippen LogP contribution < -0.4 is 0 Å². The van der Waals surface area contributed by atoms with Crippen molar-refractivity contribution in [2.45, 2.75) is 13.3 Å². The Labute approximate surface area is 152 Å². The highest BCUT2D eigenvalue weighted by atomic mass is 16.1. The van der Waals surface area contributed by atoms with Crippen molar-refractivity contribution in [2.75, 3.05) is 0 Å². The van der Waals surface area contributed by atoms with Crippen LogP contribution in [0.3, 0.4) is 0 Å². The second-order valence-corrected chi connectivity index (χ2v) is 6.61. The van der Waals surface area contributed by atoms with Gasteiger partial charge in [-0.1, -0.05) is 66.7 Å². The van der Waals surface area contributed by atoms with E-state index in [1.165, 1.54) is 23.1 Å². The van der Waals surface area contributed by atoms with E-state index in [9.17, 15) is 9.59 Å². The number of ketones is 2. The lowest BCUT2D eigenvalue weighted by Gasteiger charge is -2.06. The summed E-state index contributed by atoms with van der Waals surface area (Å²) in [5.74, 6) is 0.0611. The Morgan fingerprint density at radius 3 is 1.88 bits per heavy atom. The summed E-state index contributed by atoms with van der Waals surface area (Å²) in [5.41, 5.74) is 2.25. The summed E-state index contributed by atoms with van der Waals surface area (Å²) in [4.78, 5) is 23.9. The molecule has 0 heterocycles. The van der Waals surface area contributed by atoms with Gasteiger partial charge in [-0.3, -0.25) is 9.59 Å². The van der Waals surface area contributed by atoms with Crippen molar-refractivity contribution in [3.63, 3.8) is 0 Å². The largest absolute Gasteiger partial charge is 0.295 e. The molecule has 2 heteroatoms. The van der Waals surface area contributed by atoms with Gasteiger partial charge in [0.15, 0.2) is 11.6 Å². The fourth-order valence-corrected chi connectivity index (χ4v) is 3.28. The summed E-state index contributed by atoms with van der Waals surface area (Å²) >= 11 is 0. The molecule has 0 aliphatic heterocycles. The Kier molecular flexibility index (Phi) is 4.10. The molecule has 126 valence electrons. The van der Waals surface area contributed by atoms with Gasteiger partial charge >= 0.3 is 0 Å². The van der Waals surface area contributed by atoms with E-state index in [1.807, 2.05) is 18.2 Å². The number of hydrogen-bond donors (Lipinski definition) is 0. The zero-order valence-electron chi connectivity index (χ0n) is 14.5. The number of benzene rings is 4. The van der Waals surface area contributed by atoms with Crippen LogP contribution in [-0.2, 0) is 6.42 Å². The maximum atomic E-state index is 12.6. The Hall–Kier alpha value is -3.26. The van der Waals surface area contributed by atoms with Crippen LogP contribution in [0.5, 0.6) is 0 Å². The lowest BCUT2D eigenvalue weighted by atomic mass is 9.97. The molecule has 0 fully saturated rings. The maximum absolute atomic E-state index is 12.6. The summed E-state index contributed by atoms with van der Waals surface area (Å²) in [6.07, 6.45) is 0.349. The molecule has 0 spiro atoms. The fraction of sp³-hybridized carbons (Fsp3) is 0.0833. The van der Waals surface area contributed by atoms with Crippen molar-refractivity contribution in [1.82, 2.24) is 0 Å². The minimum Gasteiger partial charge on any atom is -0.295 e. The van der Waals surface area contributed by atoms with Crippen molar-refractivity contribution in [2.24, 2.45) is 0 Å². The summed E-state index contributed by atoms with van der Waals surface area (Å²) in [6, 6.07) is 25.7. The van der Waals surface area contributed by atoms with Crippen molar-refractivity contribution < 1.29 is 9.59 Å². The van der Waals surface area contributed by atoms with Gasteiger partial charge in [-0.25, -0.2) is 0 Å². The molecule has 0 amide bonds. The number of fused-ring (bicyclic) bond motifs is 2. The van der Waals surface area contributed by atoms with Crippen molar-refractivity contribution in [1.29, 1.82) is 0 Å². The van der Waals surface area contributed by atoms with Crippen LogP contribution in [0.15, 0.2) is 78.9 Å². The lowest BCUT2D eigenvalue weighted by Crippen LogP contribution is -2.04. The van der Waals surface area contributed by atoms with Crippen molar-refractivity contribution in [3.8, 4) is 0 Å². The standard InChI is InChI=1S/C24H18O2/c1-16(25)18-8-10-19(11-9-18)24(26)13-17-6-7-22-14-20-4-2-3-5-21(20)15-23(22)12-17/h2-12,14-15H,13H2,1H3. The molecule has 0 atom stereocenters. The minimum atomic E-state index is 0.00533. The lowest BCUT2D eigenvalue weighted by molar-refractivity contribution is 0.0987. The first-order valence-electron chi connectivity index (χ1n) is 8.66. The van der Waals surface area contributed by atoms with Gasteiger partial charge < -0.3 is 0 Å². The SMILES string of the molecule is CC(=O)c1ccc(C(=O)Cc2ccc3cc4ccccc4cc3c2)cc1. The third-order valence-corrected chi connectivity index (χ3v) is 4.75. The first-order chi connectivity index (χ1) is 12.6. The van der Waals surface area contributed by atoms with E-state index in [0.717, 1.165) is 10.9 Å². The van der Waals surface area contributed by atoms with Gasteiger partial charge in [-0.05, 0) is 46.2 Å². The number of carbonyl (C=O) groups is 2. The highest BCUT2D eigenvalue weighted by molar-refractivity contribution is 6.01. The molecule has 0 saturated heterocycles. The van der Waals surface area contributed by atoms with Gasteiger partial charge in [0, 0.05) is 17.5 Å². The van der Waals surface area contributed by atoms with Crippen LogP contribution >= 0.6 is 0 Å². The number of hydrogen-bond acceptors (Lipinski definition) is 2. The Balaban J connectivity index is 1.62. The van der Waals surface area contributed by atoms with Crippen LogP contribution in [0.25, 0.3) is 21.5 Å². The predicted molar refractivity (Wildman–Crippen MR) is 106 cm³/mol. The number of Topliss-reactive ketones (excluding diaryl/α,β-unsaturated/α-hetero) is 2. The van der Waals surface area contributed by atoms with Crippen LogP contribution in [0.1, 0.15) is 33.2 Å². The number of carbonyl (C=O) groups excluding carboxylic acids is 2. The topological polar surface area (TPSA) is 34.1 Å². The molecule has 26 heavy (non-hydrogen) atoms. The van der Waals surface area contributed by atoms with Gasteiger partial charge in [0.1, 0.15) is 0 Å². The Morgan fingerprint density at radius 1 is 0.654 bits per heavy atom. The van der Waals surface area contributed by atoms with Gasteiger partial charge in [0.25, 0.3) is 0 Å². The molecular formula is C24H18O2. The molecule has 0 unspecified atom stereocenters. The van der Waals surface area contributed by atoms with Crippen LogP contribution in [0.4, 0.5) is 0 Å². The third kappa shape index (κ3) is 3.14. The predicted octanol–water partition coefficient (Wildman–Crippen LogP) is 5.62. The van der Waals surface area contributed by atoms with E-state index in [2.05, 4.69) is 36.4 Å². The molecule has 0 aliphatic rings. The average molecular weight is 338 g/mol. The second kappa shape index (κ2) is 6.57. The summed E-state index contributed by atoms with van der Waals surface area (Å²) in [7, 11) is 0. The first kappa shape index (κ1) is 16.2. The molecule has 0 bridgehead atoms. The van der Waals surface area contributed by atoms with Gasteiger partial charge in [0.2, 0.25) is 0 Å². The van der Waals surface area contributed by atoms with E-state index < -0.39 is 0 Å².